The highest BCUT2D eigenvalue weighted by atomic mass is 19.1. The quantitative estimate of drug-likeness (QED) is 0.916. The summed E-state index contributed by atoms with van der Waals surface area (Å²) in [6.07, 6.45) is 3.92. The minimum Gasteiger partial charge on any atom is -0.493 e. The van der Waals surface area contributed by atoms with Crippen LogP contribution >= 0.6 is 0 Å². The number of ether oxygens (including phenoxy) is 2. The molecule has 0 atom stereocenters. The molecule has 0 amide bonds. The second-order valence-corrected chi connectivity index (χ2v) is 6.09. The van der Waals surface area contributed by atoms with Crippen LogP contribution in [0.5, 0.6) is 11.5 Å². The second-order valence-electron chi connectivity index (χ2n) is 6.09. The summed E-state index contributed by atoms with van der Waals surface area (Å²) < 4.78 is 25.2. The van der Waals surface area contributed by atoms with Crippen molar-refractivity contribution >= 4 is 0 Å². The molecule has 1 aromatic carbocycles. The van der Waals surface area contributed by atoms with Gasteiger partial charge in [-0.25, -0.2) is 4.39 Å². The van der Waals surface area contributed by atoms with Crippen molar-refractivity contribution in [2.75, 3.05) is 14.2 Å². The van der Waals surface area contributed by atoms with Gasteiger partial charge in [-0.3, -0.25) is 0 Å². The lowest BCUT2D eigenvalue weighted by Crippen LogP contribution is -2.36. The fraction of sp³-hybridized carbons (Fsp3) is 0.625. The third-order valence-corrected chi connectivity index (χ3v) is 4.20. The van der Waals surface area contributed by atoms with Crippen molar-refractivity contribution in [3.63, 3.8) is 0 Å². The van der Waals surface area contributed by atoms with E-state index in [4.69, 9.17) is 15.2 Å². The van der Waals surface area contributed by atoms with E-state index < -0.39 is 11.2 Å². The summed E-state index contributed by atoms with van der Waals surface area (Å²) >= 11 is 0. The van der Waals surface area contributed by atoms with Crippen LogP contribution in [0.1, 0.15) is 50.7 Å². The first-order valence-corrected chi connectivity index (χ1v) is 7.06. The predicted octanol–water partition coefficient (Wildman–Crippen LogP) is 3.64. The van der Waals surface area contributed by atoms with E-state index in [0.29, 0.717) is 17.1 Å². The molecule has 0 unspecified atom stereocenters. The van der Waals surface area contributed by atoms with Crippen molar-refractivity contribution in [2.45, 2.75) is 50.7 Å². The highest BCUT2D eigenvalue weighted by molar-refractivity contribution is 5.51. The normalized spacial score (nSPS) is 18.1. The van der Waals surface area contributed by atoms with E-state index in [1.54, 1.807) is 34.1 Å². The van der Waals surface area contributed by atoms with Crippen molar-refractivity contribution in [2.24, 2.45) is 5.73 Å². The van der Waals surface area contributed by atoms with Gasteiger partial charge < -0.3 is 15.2 Å². The summed E-state index contributed by atoms with van der Waals surface area (Å²) in [5.74, 6) is 1.14. The van der Waals surface area contributed by atoms with E-state index in [-0.39, 0.29) is 0 Å². The Morgan fingerprint density at radius 1 is 1.10 bits per heavy atom. The maximum atomic E-state index is 14.6. The van der Waals surface area contributed by atoms with Gasteiger partial charge in [-0.2, -0.15) is 0 Å². The first-order chi connectivity index (χ1) is 9.31. The summed E-state index contributed by atoms with van der Waals surface area (Å²) in [5.41, 5.74) is 6.05. The Bertz CT molecular complexity index is 488. The van der Waals surface area contributed by atoms with E-state index in [1.807, 2.05) is 6.07 Å². The summed E-state index contributed by atoms with van der Waals surface area (Å²) in [5, 5.41) is 0. The Morgan fingerprint density at radius 2 is 1.60 bits per heavy atom. The average molecular weight is 281 g/mol. The zero-order chi connectivity index (χ0) is 15.0. The summed E-state index contributed by atoms with van der Waals surface area (Å²) in [4.78, 5) is 0. The zero-order valence-electron chi connectivity index (χ0n) is 12.8. The van der Waals surface area contributed by atoms with Crippen LogP contribution in [0.25, 0.3) is 0 Å². The van der Waals surface area contributed by atoms with Gasteiger partial charge in [-0.15, -0.1) is 0 Å². The van der Waals surface area contributed by atoms with Gasteiger partial charge in [0.05, 0.1) is 14.2 Å². The number of methoxy groups -OCH3 is 2. The molecule has 0 saturated heterocycles. The molecule has 1 fully saturated rings. The zero-order valence-corrected chi connectivity index (χ0v) is 12.8. The Hall–Kier alpha value is -1.29. The van der Waals surface area contributed by atoms with Crippen LogP contribution in [0.15, 0.2) is 12.1 Å². The molecule has 0 spiro atoms. The molecule has 112 valence electrons. The summed E-state index contributed by atoms with van der Waals surface area (Å²) in [7, 11) is 3.14. The molecule has 0 heterocycles. The standard InChI is InChI=1S/C16H24FNO2/c1-15(2,17)11-9-13(19-3)14(20-4)10-12(11)16(18)7-5-6-8-16/h9-10H,5-8,18H2,1-4H3. The smallest absolute Gasteiger partial charge is 0.161 e. The van der Waals surface area contributed by atoms with Gasteiger partial charge >= 0.3 is 0 Å². The first-order valence-electron chi connectivity index (χ1n) is 7.06. The van der Waals surface area contributed by atoms with Crippen LogP contribution < -0.4 is 15.2 Å². The van der Waals surface area contributed by atoms with Crippen molar-refractivity contribution in [3.8, 4) is 11.5 Å². The molecule has 0 aromatic heterocycles. The third-order valence-electron chi connectivity index (χ3n) is 4.20. The maximum Gasteiger partial charge on any atom is 0.161 e. The van der Waals surface area contributed by atoms with Gasteiger partial charge in [0.25, 0.3) is 0 Å². The van der Waals surface area contributed by atoms with Crippen LogP contribution in [0, 0.1) is 0 Å². The van der Waals surface area contributed by atoms with E-state index >= 15 is 0 Å². The monoisotopic (exact) mass is 281 g/mol. The molecule has 1 saturated carbocycles. The summed E-state index contributed by atoms with van der Waals surface area (Å²) in [6, 6.07) is 3.57. The molecule has 1 aliphatic carbocycles. The van der Waals surface area contributed by atoms with Crippen LogP contribution in [-0.4, -0.2) is 14.2 Å². The van der Waals surface area contributed by atoms with E-state index in [0.717, 1.165) is 31.2 Å². The molecule has 1 aliphatic rings. The topological polar surface area (TPSA) is 44.5 Å². The van der Waals surface area contributed by atoms with E-state index in [2.05, 4.69) is 0 Å². The lowest BCUT2D eigenvalue weighted by atomic mass is 9.81. The molecule has 20 heavy (non-hydrogen) atoms. The van der Waals surface area contributed by atoms with Crippen molar-refractivity contribution in [3.05, 3.63) is 23.3 Å². The van der Waals surface area contributed by atoms with Gasteiger partial charge in [-0.05, 0) is 49.9 Å². The fourth-order valence-corrected chi connectivity index (χ4v) is 3.06. The number of hydrogen-bond donors (Lipinski definition) is 1. The molecule has 0 bridgehead atoms. The van der Waals surface area contributed by atoms with Gasteiger partial charge in [0.15, 0.2) is 11.5 Å². The number of benzene rings is 1. The van der Waals surface area contributed by atoms with Gasteiger partial charge in [0.2, 0.25) is 0 Å². The predicted molar refractivity (Wildman–Crippen MR) is 78.0 cm³/mol. The lowest BCUT2D eigenvalue weighted by molar-refractivity contribution is 0.214. The van der Waals surface area contributed by atoms with E-state index in [9.17, 15) is 4.39 Å². The second kappa shape index (κ2) is 5.24. The van der Waals surface area contributed by atoms with E-state index in [1.165, 1.54) is 0 Å². The molecule has 1 aromatic rings. The highest BCUT2D eigenvalue weighted by Crippen LogP contribution is 2.45. The number of halogens is 1. The summed E-state index contributed by atoms with van der Waals surface area (Å²) in [6.45, 7) is 3.10. The van der Waals surface area contributed by atoms with Crippen LogP contribution in [0.4, 0.5) is 4.39 Å². The molecule has 2 rings (SSSR count). The maximum absolute atomic E-state index is 14.6. The van der Waals surface area contributed by atoms with Gasteiger partial charge in [0.1, 0.15) is 5.67 Å². The molecule has 4 heteroatoms. The number of nitrogens with two attached hydrogens (primary N) is 1. The number of alkyl halides is 1. The minimum absolute atomic E-state index is 0.460. The van der Waals surface area contributed by atoms with Crippen molar-refractivity contribution < 1.29 is 13.9 Å². The Morgan fingerprint density at radius 3 is 2.05 bits per heavy atom. The molecule has 0 radical (unpaired) electrons. The molecule has 2 N–H and O–H groups in total. The molecule has 3 nitrogen and oxygen atoms in total. The van der Waals surface area contributed by atoms with Crippen molar-refractivity contribution in [1.82, 2.24) is 0 Å². The fourth-order valence-electron chi connectivity index (χ4n) is 3.06. The van der Waals surface area contributed by atoms with Crippen LogP contribution in [-0.2, 0) is 11.2 Å². The first kappa shape index (κ1) is 15.1. The minimum atomic E-state index is -1.47. The van der Waals surface area contributed by atoms with Crippen LogP contribution in [0.3, 0.4) is 0 Å². The molecular weight excluding hydrogens is 257 g/mol. The Labute approximate surface area is 120 Å². The SMILES string of the molecule is COc1cc(C(C)(C)F)c(C2(N)CCCC2)cc1OC. The molecule has 0 aliphatic heterocycles. The van der Waals surface area contributed by atoms with Crippen molar-refractivity contribution in [1.29, 1.82) is 0 Å². The van der Waals surface area contributed by atoms with Gasteiger partial charge in [0, 0.05) is 5.54 Å². The lowest BCUT2D eigenvalue weighted by Gasteiger charge is -2.31. The molecular formula is C16H24FNO2. The average Bonchev–Trinajstić information content (AvgIpc) is 2.84. The Kier molecular flexibility index (Phi) is 3.96. The van der Waals surface area contributed by atoms with Gasteiger partial charge in [-0.1, -0.05) is 12.8 Å². The largest absolute Gasteiger partial charge is 0.493 e. The van der Waals surface area contributed by atoms with Crippen LogP contribution in [0.2, 0.25) is 0 Å². The highest BCUT2D eigenvalue weighted by Gasteiger charge is 2.37. The number of hydrogen-bond acceptors (Lipinski definition) is 3. The Balaban J connectivity index is 2.64. The third kappa shape index (κ3) is 2.62. The number of rotatable bonds is 4.